The molecule has 1 heterocycles. The summed E-state index contributed by atoms with van der Waals surface area (Å²) in [6.45, 7) is 12.3. The van der Waals surface area contributed by atoms with Gasteiger partial charge in [-0.05, 0) is 25.1 Å². The van der Waals surface area contributed by atoms with Crippen LogP contribution >= 0.6 is 0 Å². The fraction of sp³-hybridized carbons (Fsp3) is 0.833. The molecule has 1 aliphatic heterocycles. The van der Waals surface area contributed by atoms with Crippen molar-refractivity contribution in [2.75, 3.05) is 0 Å². The summed E-state index contributed by atoms with van der Waals surface area (Å²) in [7, 11) is -1.98. The molecule has 3 atom stereocenters. The zero-order valence-corrected chi connectivity index (χ0v) is 12.9. The summed E-state index contributed by atoms with van der Waals surface area (Å²) in [4.78, 5) is 22.4. The average molecular weight is 273 g/mol. The van der Waals surface area contributed by atoms with Gasteiger partial charge in [-0.3, -0.25) is 4.79 Å². The van der Waals surface area contributed by atoms with Gasteiger partial charge in [0.1, 0.15) is 6.04 Å². The number of β-lactam (4-membered cyclic amide) rings is 1. The first-order chi connectivity index (χ1) is 7.97. The Balaban J connectivity index is 2.74. The lowest BCUT2D eigenvalue weighted by molar-refractivity contribution is -0.156. The minimum atomic E-state index is -1.98. The van der Waals surface area contributed by atoms with Gasteiger partial charge in [0, 0.05) is 0 Å². The third-order valence-electron chi connectivity index (χ3n) is 4.02. The van der Waals surface area contributed by atoms with Crippen LogP contribution in [0.5, 0.6) is 0 Å². The smallest absolute Gasteiger partial charge is 0.327 e. The second-order valence-electron chi connectivity index (χ2n) is 6.43. The number of hydrogen-bond donors (Lipinski definition) is 2. The summed E-state index contributed by atoms with van der Waals surface area (Å²) in [5, 5.41) is 11.4. The van der Waals surface area contributed by atoms with Crippen LogP contribution in [0.1, 0.15) is 27.7 Å². The van der Waals surface area contributed by atoms with E-state index in [0.29, 0.717) is 0 Å². The highest BCUT2D eigenvalue weighted by Crippen LogP contribution is 2.38. The van der Waals surface area contributed by atoms with Crippen LogP contribution in [-0.2, 0) is 14.0 Å². The van der Waals surface area contributed by atoms with Gasteiger partial charge in [-0.2, -0.15) is 0 Å². The number of carboxylic acid groups (broad SMARTS) is 1. The Hall–Kier alpha value is -0.883. The first-order valence-electron chi connectivity index (χ1n) is 6.18. The van der Waals surface area contributed by atoms with Crippen LogP contribution in [0.25, 0.3) is 0 Å². The number of amides is 1. The van der Waals surface area contributed by atoms with Gasteiger partial charge >= 0.3 is 5.97 Å². The zero-order chi connectivity index (χ0) is 14.3. The second-order valence-corrected chi connectivity index (χ2v) is 11.2. The molecule has 1 amide bonds. The molecule has 2 N–H and O–H groups in total. The molecule has 0 aromatic heterocycles. The van der Waals surface area contributed by atoms with Gasteiger partial charge in [-0.25, -0.2) is 4.79 Å². The lowest BCUT2D eigenvalue weighted by atomic mass is 9.86. The van der Waals surface area contributed by atoms with Crippen molar-refractivity contribution in [2.24, 2.45) is 5.92 Å². The van der Waals surface area contributed by atoms with Crippen LogP contribution in [0.15, 0.2) is 0 Å². The Morgan fingerprint density at radius 3 is 2.28 bits per heavy atom. The van der Waals surface area contributed by atoms with E-state index in [2.05, 4.69) is 39.2 Å². The van der Waals surface area contributed by atoms with E-state index in [1.165, 1.54) is 0 Å². The lowest BCUT2D eigenvalue weighted by Crippen LogP contribution is -2.66. The number of hydrogen-bond acceptors (Lipinski definition) is 3. The minimum Gasteiger partial charge on any atom is -0.480 e. The third-order valence-corrected chi connectivity index (χ3v) is 8.59. The standard InChI is InChI=1S/C12H23NO4Si/c1-7(17-18(5,6)12(2,3)4)8-9(11(15)16)13-10(8)14/h7-9H,1-6H3,(H,13,14)(H,15,16)/t7-,8?,9?/m1/s1. The first kappa shape index (κ1) is 15.2. The van der Waals surface area contributed by atoms with Gasteiger partial charge < -0.3 is 14.8 Å². The van der Waals surface area contributed by atoms with E-state index in [1.807, 2.05) is 0 Å². The van der Waals surface area contributed by atoms with Crippen LogP contribution in [0, 0.1) is 5.92 Å². The van der Waals surface area contributed by atoms with Crippen LogP contribution < -0.4 is 5.32 Å². The van der Waals surface area contributed by atoms with Crippen molar-refractivity contribution in [2.45, 2.75) is 58.0 Å². The summed E-state index contributed by atoms with van der Waals surface area (Å²) >= 11 is 0. The number of carbonyl (C=O) groups excluding carboxylic acids is 1. The van der Waals surface area contributed by atoms with E-state index >= 15 is 0 Å². The molecule has 1 rings (SSSR count). The average Bonchev–Trinajstić information content (AvgIpc) is 2.10. The van der Waals surface area contributed by atoms with Crippen LogP contribution in [0.4, 0.5) is 0 Å². The molecule has 1 fully saturated rings. The molecular weight excluding hydrogens is 250 g/mol. The molecule has 0 aromatic rings. The number of carbonyl (C=O) groups is 2. The van der Waals surface area contributed by atoms with Crippen molar-refractivity contribution < 1.29 is 19.1 Å². The molecule has 0 bridgehead atoms. The largest absolute Gasteiger partial charge is 0.480 e. The summed E-state index contributed by atoms with van der Waals surface area (Å²) < 4.78 is 6.07. The Kier molecular flexibility index (Phi) is 3.93. The van der Waals surface area contributed by atoms with Crippen molar-refractivity contribution >= 4 is 20.2 Å². The van der Waals surface area contributed by atoms with E-state index in [4.69, 9.17) is 9.53 Å². The predicted molar refractivity (Wildman–Crippen MR) is 70.8 cm³/mol. The Bertz CT molecular complexity index is 362. The molecule has 0 saturated carbocycles. The van der Waals surface area contributed by atoms with Gasteiger partial charge in [0.2, 0.25) is 5.91 Å². The third kappa shape index (κ3) is 2.75. The van der Waals surface area contributed by atoms with E-state index in [1.54, 1.807) is 6.92 Å². The predicted octanol–water partition coefficient (Wildman–Crippen LogP) is 1.60. The molecule has 1 aliphatic rings. The molecule has 0 aromatic carbocycles. The van der Waals surface area contributed by atoms with Crippen molar-refractivity contribution in [3.8, 4) is 0 Å². The fourth-order valence-corrected chi connectivity index (χ4v) is 3.24. The minimum absolute atomic E-state index is 0.0419. The van der Waals surface area contributed by atoms with Crippen molar-refractivity contribution in [3.63, 3.8) is 0 Å². The van der Waals surface area contributed by atoms with Gasteiger partial charge in [0.25, 0.3) is 0 Å². The highest BCUT2D eigenvalue weighted by atomic mass is 28.4. The molecular formula is C12H23NO4Si. The normalized spacial score (nSPS) is 26.2. The second kappa shape index (κ2) is 4.66. The van der Waals surface area contributed by atoms with E-state index in [9.17, 15) is 9.59 Å². The monoisotopic (exact) mass is 273 g/mol. The molecule has 0 radical (unpaired) electrons. The maximum Gasteiger partial charge on any atom is 0.327 e. The lowest BCUT2D eigenvalue weighted by Gasteiger charge is -2.44. The molecule has 1 saturated heterocycles. The summed E-state index contributed by atoms with van der Waals surface area (Å²) in [5.41, 5.74) is 0. The number of aliphatic carboxylic acids is 1. The van der Waals surface area contributed by atoms with Crippen molar-refractivity contribution in [1.29, 1.82) is 0 Å². The maximum atomic E-state index is 11.5. The van der Waals surface area contributed by atoms with Crippen LogP contribution in [0.2, 0.25) is 18.1 Å². The maximum absolute atomic E-state index is 11.5. The van der Waals surface area contributed by atoms with Crippen LogP contribution in [0.3, 0.4) is 0 Å². The quantitative estimate of drug-likeness (QED) is 0.602. The number of carboxylic acids is 1. The zero-order valence-electron chi connectivity index (χ0n) is 11.9. The SMILES string of the molecule is C[C@@H](O[Si](C)(C)C(C)(C)C)C1C(=O)NC1C(=O)O. The van der Waals surface area contributed by atoms with Crippen LogP contribution in [-0.4, -0.2) is 37.4 Å². The van der Waals surface area contributed by atoms with E-state index in [0.717, 1.165) is 0 Å². The summed E-state index contributed by atoms with van der Waals surface area (Å²) in [5.74, 6) is -1.80. The molecule has 18 heavy (non-hydrogen) atoms. The highest BCUT2D eigenvalue weighted by molar-refractivity contribution is 6.74. The van der Waals surface area contributed by atoms with Gasteiger partial charge in [0.05, 0.1) is 12.0 Å². The van der Waals surface area contributed by atoms with E-state index < -0.39 is 26.2 Å². The molecule has 2 unspecified atom stereocenters. The van der Waals surface area contributed by atoms with E-state index in [-0.39, 0.29) is 17.0 Å². The Morgan fingerprint density at radius 2 is 1.94 bits per heavy atom. The molecule has 0 aliphatic carbocycles. The Morgan fingerprint density at radius 1 is 1.44 bits per heavy atom. The molecule has 5 nitrogen and oxygen atoms in total. The summed E-state index contributed by atoms with van der Waals surface area (Å²) in [6.07, 6.45) is -0.360. The van der Waals surface area contributed by atoms with Crippen molar-refractivity contribution in [3.05, 3.63) is 0 Å². The Labute approximate surface area is 109 Å². The number of rotatable bonds is 4. The summed E-state index contributed by atoms with van der Waals surface area (Å²) in [6, 6.07) is -0.808. The van der Waals surface area contributed by atoms with Gasteiger partial charge in [-0.15, -0.1) is 0 Å². The fourth-order valence-electron chi connectivity index (χ4n) is 1.81. The highest BCUT2D eigenvalue weighted by Gasteiger charge is 2.50. The van der Waals surface area contributed by atoms with Gasteiger partial charge in [0.15, 0.2) is 8.32 Å². The van der Waals surface area contributed by atoms with Gasteiger partial charge in [-0.1, -0.05) is 20.8 Å². The topological polar surface area (TPSA) is 75.6 Å². The van der Waals surface area contributed by atoms with Crippen molar-refractivity contribution in [1.82, 2.24) is 5.32 Å². The first-order valence-corrected chi connectivity index (χ1v) is 9.09. The molecule has 104 valence electrons. The molecule has 0 spiro atoms. The molecule has 6 heteroatoms. The number of nitrogens with one attached hydrogen (secondary N) is 1.